The van der Waals surface area contributed by atoms with Gasteiger partial charge in [0.15, 0.2) is 6.61 Å². The highest BCUT2D eigenvalue weighted by Gasteiger charge is 2.17. The maximum atomic E-state index is 12.2. The number of halogens is 1. The van der Waals surface area contributed by atoms with Gasteiger partial charge in [0, 0.05) is 29.5 Å². The van der Waals surface area contributed by atoms with Crippen LogP contribution in [0.15, 0.2) is 30.3 Å². The Labute approximate surface area is 152 Å². The van der Waals surface area contributed by atoms with E-state index in [1.165, 1.54) is 0 Å². The summed E-state index contributed by atoms with van der Waals surface area (Å²) in [6.07, 6.45) is 0.665. The molecule has 1 N–H and O–H groups in total. The molecule has 1 amide bonds. The second kappa shape index (κ2) is 8.72. The van der Waals surface area contributed by atoms with Crippen LogP contribution in [0.2, 0.25) is 5.02 Å². The van der Waals surface area contributed by atoms with Crippen LogP contribution in [0.1, 0.15) is 34.2 Å². The molecule has 0 radical (unpaired) electrons. The van der Waals surface area contributed by atoms with Gasteiger partial charge >= 0.3 is 5.97 Å². The Morgan fingerprint density at radius 2 is 2.00 bits per heavy atom. The molecule has 6 heteroatoms. The molecule has 2 aromatic rings. The SMILES string of the molecule is CCn1c(C)cc(C(=O)OCC(=O)NCCc2cccc(Cl)c2)c1C. The summed E-state index contributed by atoms with van der Waals surface area (Å²) in [7, 11) is 0. The highest BCUT2D eigenvalue weighted by atomic mass is 35.5. The van der Waals surface area contributed by atoms with Gasteiger partial charge in [0.05, 0.1) is 5.56 Å². The fourth-order valence-corrected chi connectivity index (χ4v) is 3.01. The Hall–Kier alpha value is -2.27. The molecule has 1 aromatic heterocycles. The lowest BCUT2D eigenvalue weighted by Crippen LogP contribution is -2.30. The van der Waals surface area contributed by atoms with Crippen molar-refractivity contribution in [1.29, 1.82) is 0 Å². The molecule has 0 aliphatic carbocycles. The minimum Gasteiger partial charge on any atom is -0.452 e. The van der Waals surface area contributed by atoms with Gasteiger partial charge in [-0.1, -0.05) is 23.7 Å². The Bertz CT molecular complexity index is 768. The molecule has 25 heavy (non-hydrogen) atoms. The highest BCUT2D eigenvalue weighted by molar-refractivity contribution is 6.30. The molecule has 0 saturated carbocycles. The van der Waals surface area contributed by atoms with Crippen molar-refractivity contribution in [2.75, 3.05) is 13.2 Å². The molecule has 0 bridgehead atoms. The first-order valence-electron chi connectivity index (χ1n) is 8.27. The van der Waals surface area contributed by atoms with E-state index in [1.807, 2.05) is 43.5 Å². The fourth-order valence-electron chi connectivity index (χ4n) is 2.79. The molecule has 0 unspecified atom stereocenters. The lowest BCUT2D eigenvalue weighted by atomic mass is 10.1. The molecule has 0 aliphatic rings. The van der Waals surface area contributed by atoms with Crippen LogP contribution in [-0.4, -0.2) is 29.6 Å². The molecule has 0 saturated heterocycles. The molecule has 0 spiro atoms. The number of aromatic nitrogens is 1. The third-order valence-corrected chi connectivity index (χ3v) is 4.30. The molecule has 0 aliphatic heterocycles. The lowest BCUT2D eigenvalue weighted by Gasteiger charge is -2.08. The first-order chi connectivity index (χ1) is 11.9. The molecular weight excluding hydrogens is 340 g/mol. The van der Waals surface area contributed by atoms with Gasteiger partial charge in [0.2, 0.25) is 0 Å². The predicted molar refractivity (Wildman–Crippen MR) is 98.0 cm³/mol. The maximum Gasteiger partial charge on any atom is 0.340 e. The number of carbonyl (C=O) groups excluding carboxylic acids is 2. The number of nitrogens with zero attached hydrogens (tertiary/aromatic N) is 1. The number of aryl methyl sites for hydroxylation is 1. The Morgan fingerprint density at radius 3 is 2.64 bits per heavy atom. The van der Waals surface area contributed by atoms with E-state index in [1.54, 1.807) is 12.1 Å². The zero-order valence-electron chi connectivity index (χ0n) is 14.8. The number of nitrogens with one attached hydrogen (secondary N) is 1. The second-order valence-corrected chi connectivity index (χ2v) is 6.27. The summed E-state index contributed by atoms with van der Waals surface area (Å²) in [6.45, 7) is 6.79. The molecule has 134 valence electrons. The topological polar surface area (TPSA) is 60.3 Å². The van der Waals surface area contributed by atoms with Gasteiger partial charge in [-0.2, -0.15) is 0 Å². The van der Waals surface area contributed by atoms with Crippen LogP contribution in [-0.2, 0) is 22.5 Å². The van der Waals surface area contributed by atoms with E-state index in [9.17, 15) is 9.59 Å². The Kier molecular flexibility index (Phi) is 6.65. The van der Waals surface area contributed by atoms with E-state index in [0.29, 0.717) is 23.6 Å². The minimum atomic E-state index is -0.474. The van der Waals surface area contributed by atoms with Crippen molar-refractivity contribution in [3.05, 3.63) is 57.9 Å². The summed E-state index contributed by atoms with van der Waals surface area (Å²) in [6, 6.07) is 9.27. The summed E-state index contributed by atoms with van der Waals surface area (Å²) >= 11 is 5.92. The largest absolute Gasteiger partial charge is 0.452 e. The van der Waals surface area contributed by atoms with Crippen molar-refractivity contribution in [2.45, 2.75) is 33.7 Å². The maximum absolute atomic E-state index is 12.2. The van der Waals surface area contributed by atoms with Gasteiger partial charge in [-0.15, -0.1) is 0 Å². The van der Waals surface area contributed by atoms with Gasteiger partial charge in [0.1, 0.15) is 0 Å². The van der Waals surface area contributed by atoms with Gasteiger partial charge in [0.25, 0.3) is 5.91 Å². The van der Waals surface area contributed by atoms with Gasteiger partial charge in [-0.25, -0.2) is 4.79 Å². The van der Waals surface area contributed by atoms with E-state index in [2.05, 4.69) is 5.32 Å². The van der Waals surface area contributed by atoms with Crippen LogP contribution in [0, 0.1) is 13.8 Å². The van der Waals surface area contributed by atoms with E-state index < -0.39 is 5.97 Å². The monoisotopic (exact) mass is 362 g/mol. The Morgan fingerprint density at radius 1 is 1.24 bits per heavy atom. The lowest BCUT2D eigenvalue weighted by molar-refractivity contribution is -0.124. The first kappa shape index (κ1) is 19.1. The van der Waals surface area contributed by atoms with Crippen molar-refractivity contribution in [3.63, 3.8) is 0 Å². The van der Waals surface area contributed by atoms with Gasteiger partial charge in [-0.05, 0) is 51.0 Å². The van der Waals surface area contributed by atoms with Crippen LogP contribution in [0.25, 0.3) is 0 Å². The molecule has 2 rings (SSSR count). The van der Waals surface area contributed by atoms with E-state index in [-0.39, 0.29) is 12.5 Å². The van der Waals surface area contributed by atoms with Crippen LogP contribution >= 0.6 is 11.6 Å². The number of rotatable bonds is 7. The average Bonchev–Trinajstić information content (AvgIpc) is 2.86. The molecule has 0 atom stereocenters. The highest BCUT2D eigenvalue weighted by Crippen LogP contribution is 2.16. The van der Waals surface area contributed by atoms with Crippen molar-refractivity contribution in [3.8, 4) is 0 Å². The van der Waals surface area contributed by atoms with Crippen LogP contribution in [0.3, 0.4) is 0 Å². The third kappa shape index (κ3) is 5.10. The van der Waals surface area contributed by atoms with Crippen LogP contribution < -0.4 is 5.32 Å². The molecule has 1 aromatic carbocycles. The number of hydrogen-bond acceptors (Lipinski definition) is 3. The second-order valence-electron chi connectivity index (χ2n) is 5.84. The van der Waals surface area contributed by atoms with Gasteiger partial charge in [-0.3, -0.25) is 4.79 Å². The fraction of sp³-hybridized carbons (Fsp3) is 0.368. The van der Waals surface area contributed by atoms with E-state index in [0.717, 1.165) is 23.5 Å². The summed E-state index contributed by atoms with van der Waals surface area (Å²) in [5, 5.41) is 3.40. The molecule has 0 fully saturated rings. The number of ether oxygens (including phenoxy) is 1. The number of amides is 1. The molecular formula is C19H23ClN2O3. The smallest absolute Gasteiger partial charge is 0.340 e. The quantitative estimate of drug-likeness (QED) is 0.769. The van der Waals surface area contributed by atoms with Crippen LogP contribution in [0.5, 0.6) is 0 Å². The van der Waals surface area contributed by atoms with Crippen molar-refractivity contribution in [2.24, 2.45) is 0 Å². The summed E-state index contributed by atoms with van der Waals surface area (Å²) in [5.74, 6) is -0.794. The van der Waals surface area contributed by atoms with E-state index >= 15 is 0 Å². The number of benzene rings is 1. The summed E-state index contributed by atoms with van der Waals surface area (Å²) in [4.78, 5) is 24.0. The Balaban J connectivity index is 1.79. The zero-order valence-corrected chi connectivity index (χ0v) is 15.5. The summed E-state index contributed by atoms with van der Waals surface area (Å²) < 4.78 is 7.15. The third-order valence-electron chi connectivity index (χ3n) is 4.07. The number of carbonyl (C=O) groups is 2. The minimum absolute atomic E-state index is 0.288. The first-order valence-corrected chi connectivity index (χ1v) is 8.65. The van der Waals surface area contributed by atoms with Crippen molar-refractivity contribution < 1.29 is 14.3 Å². The zero-order chi connectivity index (χ0) is 18.4. The average molecular weight is 363 g/mol. The number of hydrogen-bond donors (Lipinski definition) is 1. The number of esters is 1. The van der Waals surface area contributed by atoms with Crippen LogP contribution in [0.4, 0.5) is 0 Å². The van der Waals surface area contributed by atoms with E-state index in [4.69, 9.17) is 16.3 Å². The van der Waals surface area contributed by atoms with Crippen molar-refractivity contribution >= 4 is 23.5 Å². The molecule has 5 nitrogen and oxygen atoms in total. The predicted octanol–water partition coefficient (Wildman–Crippen LogP) is 3.29. The summed E-state index contributed by atoms with van der Waals surface area (Å²) in [5.41, 5.74) is 3.40. The molecule has 1 heterocycles. The normalized spacial score (nSPS) is 10.6. The van der Waals surface area contributed by atoms with Crippen molar-refractivity contribution in [1.82, 2.24) is 9.88 Å². The van der Waals surface area contributed by atoms with Gasteiger partial charge < -0.3 is 14.6 Å². The standard InChI is InChI=1S/C19H23ClN2O3/c1-4-22-13(2)10-17(14(22)3)19(24)25-12-18(23)21-9-8-15-6-5-7-16(20)11-15/h5-7,10-11H,4,8-9,12H2,1-3H3,(H,21,23).